The lowest BCUT2D eigenvalue weighted by Gasteiger charge is -2.17. The van der Waals surface area contributed by atoms with Gasteiger partial charge in [-0.2, -0.15) is 13.2 Å². The molecule has 170 valence electrons. The SMILES string of the molecule is CN=C(NCCC(C)c1cccc(C(F)(F)F)c1)NCc1cc(OC)c(O)c(OC)c1. The molecule has 0 spiro atoms. The molecule has 2 aromatic rings. The summed E-state index contributed by atoms with van der Waals surface area (Å²) in [7, 11) is 4.54. The van der Waals surface area contributed by atoms with Gasteiger partial charge >= 0.3 is 6.18 Å². The first-order chi connectivity index (χ1) is 14.7. The number of ether oxygens (including phenoxy) is 2. The van der Waals surface area contributed by atoms with Crippen LogP contribution in [0.5, 0.6) is 17.2 Å². The van der Waals surface area contributed by atoms with Crippen LogP contribution >= 0.6 is 0 Å². The lowest BCUT2D eigenvalue weighted by Crippen LogP contribution is -2.37. The van der Waals surface area contributed by atoms with Crippen LogP contribution in [0.15, 0.2) is 41.4 Å². The molecule has 0 aliphatic heterocycles. The van der Waals surface area contributed by atoms with Gasteiger partial charge in [0.25, 0.3) is 0 Å². The first kappa shape index (κ1) is 24.2. The van der Waals surface area contributed by atoms with Crippen LogP contribution in [0, 0.1) is 0 Å². The van der Waals surface area contributed by atoms with E-state index in [0.29, 0.717) is 42.5 Å². The number of methoxy groups -OCH3 is 2. The van der Waals surface area contributed by atoms with Crippen LogP contribution in [0.4, 0.5) is 13.2 Å². The average Bonchev–Trinajstić information content (AvgIpc) is 2.76. The Hall–Kier alpha value is -3.10. The second-order valence-corrected chi connectivity index (χ2v) is 7.01. The number of nitrogens with one attached hydrogen (secondary N) is 2. The van der Waals surface area contributed by atoms with E-state index in [1.54, 1.807) is 25.2 Å². The van der Waals surface area contributed by atoms with E-state index >= 15 is 0 Å². The number of halogens is 3. The predicted molar refractivity (Wildman–Crippen MR) is 114 cm³/mol. The molecule has 2 rings (SSSR count). The summed E-state index contributed by atoms with van der Waals surface area (Å²) >= 11 is 0. The quantitative estimate of drug-likeness (QED) is 0.423. The van der Waals surface area contributed by atoms with Crippen LogP contribution in [0.3, 0.4) is 0 Å². The van der Waals surface area contributed by atoms with Crippen molar-refractivity contribution in [3.8, 4) is 17.2 Å². The van der Waals surface area contributed by atoms with Gasteiger partial charge in [0.15, 0.2) is 17.5 Å². The van der Waals surface area contributed by atoms with E-state index in [1.807, 2.05) is 6.92 Å². The molecule has 6 nitrogen and oxygen atoms in total. The average molecular weight is 439 g/mol. The second-order valence-electron chi connectivity index (χ2n) is 7.01. The van der Waals surface area contributed by atoms with Crippen molar-refractivity contribution in [2.24, 2.45) is 4.99 Å². The topological polar surface area (TPSA) is 75.1 Å². The van der Waals surface area contributed by atoms with Gasteiger partial charge in [-0.05, 0) is 41.7 Å². The van der Waals surface area contributed by atoms with E-state index in [2.05, 4.69) is 15.6 Å². The van der Waals surface area contributed by atoms with Crippen LogP contribution in [-0.2, 0) is 12.7 Å². The number of aliphatic imine (C=N–C) groups is 1. The zero-order valence-corrected chi connectivity index (χ0v) is 18.0. The highest BCUT2D eigenvalue weighted by Crippen LogP contribution is 2.37. The van der Waals surface area contributed by atoms with Gasteiger partial charge in [0.1, 0.15) is 0 Å². The Labute approximate surface area is 180 Å². The maximum absolute atomic E-state index is 12.9. The summed E-state index contributed by atoms with van der Waals surface area (Å²) < 4.78 is 49.0. The molecule has 0 heterocycles. The molecule has 2 aromatic carbocycles. The zero-order chi connectivity index (χ0) is 23.0. The number of benzene rings is 2. The number of aromatic hydroxyl groups is 1. The molecule has 0 fully saturated rings. The van der Waals surface area contributed by atoms with Gasteiger partial charge in [-0.1, -0.05) is 25.1 Å². The highest BCUT2D eigenvalue weighted by molar-refractivity contribution is 5.79. The van der Waals surface area contributed by atoms with Gasteiger partial charge in [0.2, 0.25) is 5.75 Å². The number of hydrogen-bond acceptors (Lipinski definition) is 4. The van der Waals surface area contributed by atoms with Crippen LogP contribution in [0.2, 0.25) is 0 Å². The minimum absolute atomic E-state index is 0.0569. The van der Waals surface area contributed by atoms with E-state index < -0.39 is 11.7 Å². The van der Waals surface area contributed by atoms with Gasteiger partial charge in [-0.15, -0.1) is 0 Å². The molecule has 0 aliphatic rings. The Morgan fingerprint density at radius 2 is 1.74 bits per heavy atom. The molecule has 1 unspecified atom stereocenters. The first-order valence-corrected chi connectivity index (χ1v) is 9.75. The summed E-state index contributed by atoms with van der Waals surface area (Å²) in [4.78, 5) is 4.16. The highest BCUT2D eigenvalue weighted by Gasteiger charge is 2.30. The van der Waals surface area contributed by atoms with Crippen LogP contribution in [0.25, 0.3) is 0 Å². The maximum Gasteiger partial charge on any atom is 0.416 e. The van der Waals surface area contributed by atoms with Crippen molar-refractivity contribution in [2.45, 2.75) is 32.0 Å². The molecule has 9 heteroatoms. The highest BCUT2D eigenvalue weighted by atomic mass is 19.4. The van der Waals surface area contributed by atoms with E-state index in [1.165, 1.54) is 26.4 Å². The molecule has 0 radical (unpaired) electrons. The van der Waals surface area contributed by atoms with Crippen LogP contribution in [0.1, 0.15) is 36.0 Å². The Balaban J connectivity index is 1.91. The normalized spacial score (nSPS) is 12.9. The Bertz CT molecular complexity index is 876. The molecule has 0 bridgehead atoms. The number of rotatable bonds is 8. The predicted octanol–water partition coefficient (Wildman–Crippen LogP) is 4.29. The Morgan fingerprint density at radius 3 is 2.29 bits per heavy atom. The molecular weight excluding hydrogens is 411 g/mol. The van der Waals surface area contributed by atoms with Crippen LogP contribution in [-0.4, -0.2) is 38.9 Å². The molecule has 0 aliphatic carbocycles. The first-order valence-electron chi connectivity index (χ1n) is 9.75. The lowest BCUT2D eigenvalue weighted by molar-refractivity contribution is -0.137. The summed E-state index contributed by atoms with van der Waals surface area (Å²) in [5.41, 5.74) is 0.816. The fourth-order valence-electron chi connectivity index (χ4n) is 3.05. The smallest absolute Gasteiger partial charge is 0.416 e. The number of phenolic OH excluding ortho intramolecular Hbond substituents is 1. The third-order valence-corrected chi connectivity index (χ3v) is 4.88. The van der Waals surface area contributed by atoms with E-state index in [4.69, 9.17) is 9.47 Å². The van der Waals surface area contributed by atoms with Gasteiger partial charge in [0.05, 0.1) is 19.8 Å². The number of alkyl halides is 3. The lowest BCUT2D eigenvalue weighted by atomic mass is 9.96. The summed E-state index contributed by atoms with van der Waals surface area (Å²) in [5.74, 6) is 1.02. The van der Waals surface area contributed by atoms with E-state index in [9.17, 15) is 18.3 Å². The number of phenols is 1. The molecule has 3 N–H and O–H groups in total. The van der Waals surface area contributed by atoms with Gasteiger partial charge in [0, 0.05) is 20.1 Å². The minimum Gasteiger partial charge on any atom is -0.502 e. The van der Waals surface area contributed by atoms with E-state index in [-0.39, 0.29) is 11.7 Å². The number of guanidine groups is 1. The van der Waals surface area contributed by atoms with E-state index in [0.717, 1.165) is 11.6 Å². The maximum atomic E-state index is 12.9. The number of hydrogen-bond donors (Lipinski definition) is 3. The fraction of sp³-hybridized carbons (Fsp3) is 0.409. The Kier molecular flexibility index (Phi) is 8.41. The van der Waals surface area contributed by atoms with Crippen molar-refractivity contribution in [2.75, 3.05) is 27.8 Å². The molecule has 0 saturated heterocycles. The summed E-state index contributed by atoms with van der Waals surface area (Å²) in [6, 6.07) is 8.79. The van der Waals surface area contributed by atoms with Crippen molar-refractivity contribution < 1.29 is 27.8 Å². The molecule has 0 aromatic heterocycles. The summed E-state index contributed by atoms with van der Waals surface area (Å²) in [5, 5.41) is 16.3. The van der Waals surface area contributed by atoms with Gasteiger partial charge in [-0.25, -0.2) is 0 Å². The van der Waals surface area contributed by atoms with Crippen molar-refractivity contribution in [1.82, 2.24) is 10.6 Å². The largest absolute Gasteiger partial charge is 0.502 e. The third-order valence-electron chi connectivity index (χ3n) is 4.88. The third kappa shape index (κ3) is 6.70. The molecule has 0 saturated carbocycles. The second kappa shape index (κ2) is 10.8. The van der Waals surface area contributed by atoms with Crippen LogP contribution < -0.4 is 20.1 Å². The number of nitrogens with zero attached hydrogens (tertiary/aromatic N) is 1. The Morgan fingerprint density at radius 1 is 1.10 bits per heavy atom. The summed E-state index contributed by atoms with van der Waals surface area (Å²) in [6.45, 7) is 2.82. The van der Waals surface area contributed by atoms with Crippen molar-refractivity contribution in [3.05, 3.63) is 53.1 Å². The van der Waals surface area contributed by atoms with Crippen molar-refractivity contribution in [3.63, 3.8) is 0 Å². The molecule has 0 amide bonds. The summed E-state index contributed by atoms with van der Waals surface area (Å²) in [6.07, 6.45) is -3.72. The molecule has 31 heavy (non-hydrogen) atoms. The molecular formula is C22H28F3N3O3. The molecule has 1 atom stereocenters. The standard InChI is InChI=1S/C22H28F3N3O3/c1-14(16-6-5-7-17(12-16)22(23,24)25)8-9-27-21(26-2)28-13-15-10-18(30-3)20(29)19(11-15)31-4/h5-7,10-12,14,29H,8-9,13H2,1-4H3,(H2,26,27,28). The zero-order valence-electron chi connectivity index (χ0n) is 18.0. The van der Waals surface area contributed by atoms with Crippen molar-refractivity contribution >= 4 is 5.96 Å². The van der Waals surface area contributed by atoms with Crippen molar-refractivity contribution in [1.29, 1.82) is 0 Å². The van der Waals surface area contributed by atoms with Gasteiger partial charge < -0.3 is 25.2 Å². The fourth-order valence-corrected chi connectivity index (χ4v) is 3.05. The minimum atomic E-state index is -4.35. The van der Waals surface area contributed by atoms with Gasteiger partial charge in [-0.3, -0.25) is 4.99 Å². The monoisotopic (exact) mass is 439 g/mol.